The van der Waals surface area contributed by atoms with E-state index in [9.17, 15) is 12.9 Å². The molecule has 0 aliphatic rings. The third-order valence-electron chi connectivity index (χ3n) is 0.349. The standard InChI is InChI=1S/C3H3BF3/c1-2-3-4(5,6)7/h1H,3H2/q-1. The predicted molar refractivity (Wildman–Crippen MR) is 22.7 cm³/mol. The molecule has 0 atom stereocenters. The summed E-state index contributed by atoms with van der Waals surface area (Å²) in [6, 6.07) is 0. The maximum atomic E-state index is 11.0. The molecule has 0 radical (unpaired) electrons. The van der Waals surface area contributed by atoms with Crippen LogP contribution < -0.4 is 0 Å². The highest BCUT2D eigenvalue weighted by Gasteiger charge is 2.20. The van der Waals surface area contributed by atoms with Gasteiger partial charge in [-0.1, -0.05) is 0 Å². The third-order valence-corrected chi connectivity index (χ3v) is 0.349. The van der Waals surface area contributed by atoms with Gasteiger partial charge in [0.15, 0.2) is 0 Å². The molecule has 0 bridgehead atoms. The fourth-order valence-electron chi connectivity index (χ4n) is 0.134. The molecule has 0 N–H and O–H groups in total. The van der Waals surface area contributed by atoms with Crippen LogP contribution in [0.2, 0.25) is 6.32 Å². The summed E-state index contributed by atoms with van der Waals surface area (Å²) in [4.78, 5) is 0. The normalized spacial score (nSPS) is 10.6. The second-order valence-electron chi connectivity index (χ2n) is 1.12. The Labute approximate surface area is 39.8 Å². The Balaban J connectivity index is 3.40. The third kappa shape index (κ3) is 5.41. The molecule has 0 aromatic carbocycles. The van der Waals surface area contributed by atoms with Crippen LogP contribution in [0, 0.1) is 12.3 Å². The van der Waals surface area contributed by atoms with Crippen molar-refractivity contribution in [2.45, 2.75) is 6.32 Å². The van der Waals surface area contributed by atoms with Crippen LogP contribution in [-0.4, -0.2) is 6.98 Å². The largest absolute Gasteiger partial charge is 0.489 e. The monoisotopic (exact) mass is 107 g/mol. The van der Waals surface area contributed by atoms with Crippen LogP contribution >= 0.6 is 0 Å². The van der Waals surface area contributed by atoms with Crippen LogP contribution in [0.5, 0.6) is 0 Å². The van der Waals surface area contributed by atoms with Gasteiger partial charge < -0.3 is 12.9 Å². The Kier molecular flexibility index (Phi) is 1.76. The average molecular weight is 107 g/mol. The number of rotatable bonds is 1. The van der Waals surface area contributed by atoms with E-state index in [1.165, 1.54) is 5.92 Å². The Hall–Kier alpha value is -0.585. The van der Waals surface area contributed by atoms with E-state index in [0.29, 0.717) is 0 Å². The topological polar surface area (TPSA) is 0 Å². The van der Waals surface area contributed by atoms with Gasteiger partial charge in [-0.2, -0.15) is 0 Å². The summed E-state index contributed by atoms with van der Waals surface area (Å²) >= 11 is 0. The van der Waals surface area contributed by atoms with Crippen LogP contribution in [0.15, 0.2) is 0 Å². The van der Waals surface area contributed by atoms with Gasteiger partial charge in [-0.3, -0.25) is 0 Å². The molecule has 0 aromatic rings. The average Bonchev–Trinajstić information content (AvgIpc) is 1.30. The smallest absolute Gasteiger partial charge is 0.448 e. The molecular formula is C3H3BF3-. The maximum absolute atomic E-state index is 11.0. The van der Waals surface area contributed by atoms with Crippen molar-refractivity contribution in [2.24, 2.45) is 0 Å². The molecule has 0 saturated carbocycles. The first-order valence-corrected chi connectivity index (χ1v) is 1.71. The lowest BCUT2D eigenvalue weighted by molar-refractivity contribution is 0.479. The first-order chi connectivity index (χ1) is 3.06. The van der Waals surface area contributed by atoms with Gasteiger partial charge in [-0.15, -0.1) is 12.3 Å². The molecule has 0 amide bonds. The molecule has 4 heteroatoms. The van der Waals surface area contributed by atoms with Gasteiger partial charge in [0.2, 0.25) is 0 Å². The van der Waals surface area contributed by atoms with Crippen molar-refractivity contribution in [1.29, 1.82) is 0 Å². The van der Waals surface area contributed by atoms with Crippen LogP contribution in [0.4, 0.5) is 12.9 Å². The van der Waals surface area contributed by atoms with Gasteiger partial charge in [-0.25, -0.2) is 0 Å². The molecule has 0 aromatic heterocycles. The van der Waals surface area contributed by atoms with E-state index in [2.05, 4.69) is 6.42 Å². The van der Waals surface area contributed by atoms with Crippen molar-refractivity contribution in [3.05, 3.63) is 0 Å². The van der Waals surface area contributed by atoms with Crippen LogP contribution in [0.1, 0.15) is 0 Å². The summed E-state index contributed by atoms with van der Waals surface area (Å²) < 4.78 is 32.9. The molecule has 40 valence electrons. The Morgan fingerprint density at radius 3 is 1.86 bits per heavy atom. The molecule has 0 heterocycles. The summed E-state index contributed by atoms with van der Waals surface area (Å²) in [5.74, 6) is 1.51. The number of hydrogen-bond donors (Lipinski definition) is 0. The molecule has 0 saturated heterocycles. The number of halogens is 3. The van der Waals surface area contributed by atoms with E-state index < -0.39 is 13.3 Å². The molecule has 0 unspecified atom stereocenters. The highest BCUT2D eigenvalue weighted by molar-refractivity contribution is 6.59. The zero-order valence-corrected chi connectivity index (χ0v) is 3.50. The predicted octanol–water partition coefficient (Wildman–Crippen LogP) is 1.47. The van der Waals surface area contributed by atoms with Crippen molar-refractivity contribution < 1.29 is 12.9 Å². The first-order valence-electron chi connectivity index (χ1n) is 1.71. The maximum Gasteiger partial charge on any atom is 0.489 e. The first kappa shape index (κ1) is 6.41. The molecular weight excluding hydrogens is 104 g/mol. The Morgan fingerprint density at radius 2 is 1.86 bits per heavy atom. The Morgan fingerprint density at radius 1 is 1.43 bits per heavy atom. The lowest BCUT2D eigenvalue weighted by atomic mass is 9.87. The minimum absolute atomic E-state index is 1.07. The molecule has 0 nitrogen and oxygen atoms in total. The minimum atomic E-state index is -4.73. The molecule has 0 fully saturated rings. The fourth-order valence-corrected chi connectivity index (χ4v) is 0.134. The van der Waals surface area contributed by atoms with E-state index in [0.717, 1.165) is 0 Å². The number of terminal acetylenes is 1. The fraction of sp³-hybridized carbons (Fsp3) is 0.333. The van der Waals surface area contributed by atoms with Gasteiger partial charge in [0.05, 0.1) is 0 Å². The zero-order chi connectivity index (χ0) is 5.91. The summed E-state index contributed by atoms with van der Waals surface area (Å²) in [7, 11) is 0. The van der Waals surface area contributed by atoms with Crippen molar-refractivity contribution in [2.75, 3.05) is 0 Å². The Bertz CT molecular complexity index is 87.3. The van der Waals surface area contributed by atoms with Gasteiger partial charge in [0.25, 0.3) is 0 Å². The van der Waals surface area contributed by atoms with Gasteiger partial charge in [0.1, 0.15) is 0 Å². The van der Waals surface area contributed by atoms with E-state index in [4.69, 9.17) is 0 Å². The second-order valence-corrected chi connectivity index (χ2v) is 1.12. The van der Waals surface area contributed by atoms with E-state index in [-0.39, 0.29) is 0 Å². The van der Waals surface area contributed by atoms with Crippen molar-refractivity contribution >= 4 is 6.98 Å². The highest BCUT2D eigenvalue weighted by atomic mass is 19.4. The summed E-state index contributed by atoms with van der Waals surface area (Å²) in [5.41, 5.74) is 0. The number of hydrogen-bond acceptors (Lipinski definition) is 0. The highest BCUT2D eigenvalue weighted by Crippen LogP contribution is 2.12. The van der Waals surface area contributed by atoms with E-state index >= 15 is 0 Å². The van der Waals surface area contributed by atoms with Crippen LogP contribution in [0.3, 0.4) is 0 Å². The van der Waals surface area contributed by atoms with Gasteiger partial charge in [-0.05, 0) is 6.32 Å². The summed E-state index contributed by atoms with van der Waals surface area (Å²) in [6.45, 7) is -4.73. The van der Waals surface area contributed by atoms with Crippen molar-refractivity contribution in [3.63, 3.8) is 0 Å². The quantitative estimate of drug-likeness (QED) is 0.351. The van der Waals surface area contributed by atoms with Gasteiger partial charge >= 0.3 is 6.98 Å². The summed E-state index contributed by atoms with van der Waals surface area (Å²) in [6.07, 6.45) is 3.29. The van der Waals surface area contributed by atoms with Crippen LogP contribution in [-0.2, 0) is 0 Å². The minimum Gasteiger partial charge on any atom is -0.448 e. The van der Waals surface area contributed by atoms with E-state index in [1.807, 2.05) is 0 Å². The molecule has 0 spiro atoms. The molecule has 0 aliphatic heterocycles. The second kappa shape index (κ2) is 1.92. The van der Waals surface area contributed by atoms with E-state index in [1.54, 1.807) is 0 Å². The SMILES string of the molecule is C#CC[B-](F)(F)F. The van der Waals surface area contributed by atoms with Gasteiger partial charge in [0, 0.05) is 0 Å². The molecule has 7 heavy (non-hydrogen) atoms. The zero-order valence-electron chi connectivity index (χ0n) is 3.50. The lowest BCUT2D eigenvalue weighted by Gasteiger charge is -2.06. The molecule has 0 aliphatic carbocycles. The van der Waals surface area contributed by atoms with Crippen molar-refractivity contribution in [3.8, 4) is 12.3 Å². The molecule has 0 rings (SSSR count). The van der Waals surface area contributed by atoms with Crippen LogP contribution in [0.25, 0.3) is 0 Å². The lowest BCUT2D eigenvalue weighted by Crippen LogP contribution is -2.11. The summed E-state index contributed by atoms with van der Waals surface area (Å²) in [5, 5.41) is 0. The van der Waals surface area contributed by atoms with Crippen molar-refractivity contribution in [1.82, 2.24) is 0 Å².